The molecular formula is C18H30N2O3. The topological polar surface area (TPSA) is 69.6 Å². The van der Waals surface area contributed by atoms with Crippen LogP contribution in [0.2, 0.25) is 0 Å². The Kier molecular flexibility index (Phi) is 4.95. The molecule has 0 radical (unpaired) electrons. The summed E-state index contributed by atoms with van der Waals surface area (Å²) in [5, 5.41) is 12.9. The fraction of sp³-hybridized carbons (Fsp3) is 0.889. The van der Waals surface area contributed by atoms with E-state index in [0.717, 1.165) is 57.3 Å². The van der Waals surface area contributed by atoms with Crippen LogP contribution in [0.3, 0.4) is 0 Å². The number of amides is 2. The van der Waals surface area contributed by atoms with Gasteiger partial charge in [0, 0.05) is 18.0 Å². The maximum Gasteiger partial charge on any atom is 0.248 e. The molecule has 0 spiro atoms. The maximum atomic E-state index is 13.1. The first kappa shape index (κ1) is 16.7. The van der Waals surface area contributed by atoms with Crippen LogP contribution < -0.4 is 5.32 Å². The van der Waals surface area contributed by atoms with Gasteiger partial charge in [-0.1, -0.05) is 6.92 Å². The molecule has 23 heavy (non-hydrogen) atoms. The molecule has 130 valence electrons. The van der Waals surface area contributed by atoms with Crippen molar-refractivity contribution in [3.05, 3.63) is 0 Å². The van der Waals surface area contributed by atoms with Crippen molar-refractivity contribution < 1.29 is 14.7 Å². The van der Waals surface area contributed by atoms with Crippen molar-refractivity contribution in [1.82, 2.24) is 10.2 Å². The number of aliphatic hydroxyl groups excluding tert-OH is 1. The molecule has 2 N–H and O–H groups in total. The van der Waals surface area contributed by atoms with Crippen LogP contribution in [0.1, 0.15) is 65.2 Å². The number of nitrogens with zero attached hydrogens (tertiary/aromatic N) is 1. The van der Waals surface area contributed by atoms with Crippen LogP contribution in [0.15, 0.2) is 0 Å². The first-order valence-electron chi connectivity index (χ1n) is 9.28. The van der Waals surface area contributed by atoms with Gasteiger partial charge >= 0.3 is 0 Å². The van der Waals surface area contributed by atoms with Gasteiger partial charge in [-0.3, -0.25) is 9.59 Å². The molecule has 0 aromatic heterocycles. The van der Waals surface area contributed by atoms with Crippen LogP contribution >= 0.6 is 0 Å². The van der Waals surface area contributed by atoms with Crippen molar-refractivity contribution in [2.24, 2.45) is 11.8 Å². The van der Waals surface area contributed by atoms with Gasteiger partial charge in [-0.2, -0.15) is 0 Å². The van der Waals surface area contributed by atoms with Gasteiger partial charge in [-0.15, -0.1) is 0 Å². The van der Waals surface area contributed by atoms with E-state index >= 15 is 0 Å². The Labute approximate surface area is 138 Å². The summed E-state index contributed by atoms with van der Waals surface area (Å²) in [5.41, 5.74) is 0. The van der Waals surface area contributed by atoms with E-state index in [0.29, 0.717) is 6.04 Å². The van der Waals surface area contributed by atoms with Gasteiger partial charge in [0.2, 0.25) is 11.8 Å². The fourth-order valence-corrected chi connectivity index (χ4v) is 3.70. The third kappa shape index (κ3) is 4.06. The molecular weight excluding hydrogens is 292 g/mol. The zero-order valence-corrected chi connectivity index (χ0v) is 14.3. The van der Waals surface area contributed by atoms with E-state index in [9.17, 15) is 14.7 Å². The number of rotatable bonds is 6. The molecule has 3 aliphatic rings. The molecule has 0 saturated heterocycles. The van der Waals surface area contributed by atoms with Crippen LogP contribution in [0.25, 0.3) is 0 Å². The fourth-order valence-electron chi connectivity index (χ4n) is 3.70. The van der Waals surface area contributed by atoms with Crippen LogP contribution in [-0.4, -0.2) is 46.1 Å². The quantitative estimate of drug-likeness (QED) is 0.784. The standard InChI is InChI=1S/C18H30N2O3/c1-11-3-7-14(8-4-11)20(15-9-10-15)18(23)16(12(2)21)19-17(22)13-5-6-13/h11-16,21H,3-10H2,1-2H3,(H,19,22). The van der Waals surface area contributed by atoms with Crippen LogP contribution in [0.5, 0.6) is 0 Å². The predicted octanol–water partition coefficient (Wildman–Crippen LogP) is 1.83. The van der Waals surface area contributed by atoms with E-state index in [1.807, 2.05) is 4.90 Å². The van der Waals surface area contributed by atoms with Crippen LogP contribution in [-0.2, 0) is 9.59 Å². The van der Waals surface area contributed by atoms with E-state index < -0.39 is 12.1 Å². The van der Waals surface area contributed by atoms with Gasteiger partial charge in [-0.25, -0.2) is 0 Å². The minimum atomic E-state index is -0.853. The van der Waals surface area contributed by atoms with Gasteiger partial charge in [0.05, 0.1) is 6.10 Å². The third-order valence-electron chi connectivity index (χ3n) is 5.57. The monoisotopic (exact) mass is 322 g/mol. The summed E-state index contributed by atoms with van der Waals surface area (Å²) in [7, 11) is 0. The number of hydrogen-bond acceptors (Lipinski definition) is 3. The average Bonchev–Trinajstić information content (AvgIpc) is 3.38. The Morgan fingerprint density at radius 3 is 1.96 bits per heavy atom. The third-order valence-corrected chi connectivity index (χ3v) is 5.57. The van der Waals surface area contributed by atoms with Crippen molar-refractivity contribution >= 4 is 11.8 Å². The van der Waals surface area contributed by atoms with Crippen LogP contribution in [0, 0.1) is 11.8 Å². The molecule has 2 atom stereocenters. The molecule has 5 heteroatoms. The lowest BCUT2D eigenvalue weighted by Gasteiger charge is -2.39. The minimum Gasteiger partial charge on any atom is -0.391 e. The summed E-state index contributed by atoms with van der Waals surface area (Å²) in [6.45, 7) is 3.87. The lowest BCUT2D eigenvalue weighted by molar-refractivity contribution is -0.143. The number of aliphatic hydroxyl groups is 1. The van der Waals surface area contributed by atoms with Gasteiger partial charge in [0.1, 0.15) is 6.04 Å². The molecule has 0 aliphatic heterocycles. The van der Waals surface area contributed by atoms with Gasteiger partial charge in [0.25, 0.3) is 0 Å². The molecule has 3 fully saturated rings. The molecule has 5 nitrogen and oxygen atoms in total. The second kappa shape index (κ2) is 6.80. The Morgan fingerprint density at radius 2 is 1.52 bits per heavy atom. The number of carbonyl (C=O) groups is 2. The lowest BCUT2D eigenvalue weighted by atomic mass is 9.86. The average molecular weight is 322 g/mol. The predicted molar refractivity (Wildman–Crippen MR) is 87.6 cm³/mol. The van der Waals surface area contributed by atoms with Crippen molar-refractivity contribution in [3.8, 4) is 0 Å². The van der Waals surface area contributed by atoms with E-state index in [1.54, 1.807) is 6.92 Å². The smallest absolute Gasteiger partial charge is 0.248 e. The van der Waals surface area contributed by atoms with E-state index in [4.69, 9.17) is 0 Å². The van der Waals surface area contributed by atoms with E-state index in [2.05, 4.69) is 12.2 Å². The van der Waals surface area contributed by atoms with Gasteiger partial charge < -0.3 is 15.3 Å². The molecule has 2 unspecified atom stereocenters. The molecule has 0 bridgehead atoms. The highest BCUT2D eigenvalue weighted by Crippen LogP contribution is 2.36. The summed E-state index contributed by atoms with van der Waals surface area (Å²) < 4.78 is 0. The largest absolute Gasteiger partial charge is 0.391 e. The molecule has 0 aromatic carbocycles. The number of hydrogen-bond donors (Lipinski definition) is 2. The summed E-state index contributed by atoms with van der Waals surface area (Å²) in [6, 6.07) is -0.187. The maximum absolute atomic E-state index is 13.1. The van der Waals surface area contributed by atoms with E-state index in [1.165, 1.54) is 0 Å². The molecule has 0 heterocycles. The summed E-state index contributed by atoms with van der Waals surface area (Å²) in [5.74, 6) is 0.645. The second-order valence-corrected chi connectivity index (χ2v) is 7.89. The Bertz CT molecular complexity index is 449. The van der Waals surface area contributed by atoms with E-state index in [-0.39, 0.29) is 23.8 Å². The normalized spacial score (nSPS) is 30.4. The first-order valence-corrected chi connectivity index (χ1v) is 9.28. The SMILES string of the molecule is CC1CCC(N(C(=O)C(NC(=O)C2CC2)C(C)O)C2CC2)CC1. The molecule has 3 rings (SSSR count). The summed E-state index contributed by atoms with van der Waals surface area (Å²) in [4.78, 5) is 27.1. The lowest BCUT2D eigenvalue weighted by Crippen LogP contribution is -2.57. The van der Waals surface area contributed by atoms with Gasteiger partial charge in [0.15, 0.2) is 0 Å². The highest BCUT2D eigenvalue weighted by Gasteiger charge is 2.43. The van der Waals surface area contributed by atoms with Crippen molar-refractivity contribution in [2.45, 2.75) is 89.4 Å². The van der Waals surface area contributed by atoms with Crippen LogP contribution in [0.4, 0.5) is 0 Å². The zero-order chi connectivity index (χ0) is 16.6. The second-order valence-electron chi connectivity index (χ2n) is 7.89. The first-order chi connectivity index (χ1) is 11.0. The Balaban J connectivity index is 1.68. The van der Waals surface area contributed by atoms with Crippen molar-refractivity contribution in [2.75, 3.05) is 0 Å². The highest BCUT2D eigenvalue weighted by molar-refractivity contribution is 5.90. The minimum absolute atomic E-state index is 0.0500. The molecule has 2 amide bonds. The summed E-state index contributed by atoms with van der Waals surface area (Å²) in [6.07, 6.45) is 7.48. The Morgan fingerprint density at radius 1 is 1.00 bits per heavy atom. The van der Waals surface area contributed by atoms with Crippen molar-refractivity contribution in [1.29, 1.82) is 0 Å². The molecule has 3 aliphatic carbocycles. The molecule has 3 saturated carbocycles. The molecule has 0 aromatic rings. The summed E-state index contributed by atoms with van der Waals surface area (Å²) >= 11 is 0. The highest BCUT2D eigenvalue weighted by atomic mass is 16.3. The number of nitrogens with one attached hydrogen (secondary N) is 1. The number of carbonyl (C=O) groups excluding carboxylic acids is 2. The van der Waals surface area contributed by atoms with Crippen molar-refractivity contribution in [3.63, 3.8) is 0 Å². The zero-order valence-electron chi connectivity index (χ0n) is 14.3. The van der Waals surface area contributed by atoms with Gasteiger partial charge in [-0.05, 0) is 64.2 Å². The Hall–Kier alpha value is -1.10.